The van der Waals surface area contributed by atoms with Crippen molar-refractivity contribution >= 4 is 19.7 Å². The van der Waals surface area contributed by atoms with Crippen LogP contribution in [0.1, 0.15) is 54.7 Å². The highest BCUT2D eigenvalue weighted by Gasteiger charge is 2.30. The van der Waals surface area contributed by atoms with E-state index in [-0.39, 0.29) is 25.0 Å². The third kappa shape index (κ3) is 6.75. The lowest BCUT2D eigenvalue weighted by Gasteiger charge is -2.25. The number of carbonyl (C=O) groups is 2. The molecule has 0 aliphatic heterocycles. The number of nitrogens with one attached hydrogen (secondary N) is 1. The molecule has 0 aromatic heterocycles. The molecule has 3 aromatic rings. The number of amides is 1. The zero-order valence-electron chi connectivity index (χ0n) is 22.5. The molecule has 2 atom stereocenters. The van der Waals surface area contributed by atoms with Gasteiger partial charge in [-0.1, -0.05) is 79.9 Å². The number of carbonyl (C=O) groups excluding carboxylic acids is 1. The molecule has 0 heterocycles. The Morgan fingerprint density at radius 3 is 2.12 bits per heavy atom. The predicted octanol–water partition coefficient (Wildman–Crippen LogP) is 6.77. The second-order valence-electron chi connectivity index (χ2n) is 10.4. The van der Waals surface area contributed by atoms with Gasteiger partial charge >= 0.3 is 19.7 Å². The normalized spacial score (nSPS) is 17.2. The first-order valence-electron chi connectivity index (χ1n) is 13.7. The van der Waals surface area contributed by atoms with Crippen LogP contribution < -0.4 is 9.84 Å². The molecule has 1 saturated carbocycles. The largest absolute Gasteiger partial charge is 0.480 e. The number of carboxylic acid groups (broad SMARTS) is 1. The van der Waals surface area contributed by atoms with Crippen LogP contribution in [0, 0.1) is 0 Å². The molecule has 2 aliphatic rings. The Bertz CT molecular complexity index is 1360. The Kier molecular flexibility index (Phi) is 8.57. The molecule has 1 unspecified atom stereocenters. The van der Waals surface area contributed by atoms with Gasteiger partial charge in [-0.2, -0.15) is 0 Å². The number of hydrogen-bond donors (Lipinski definition) is 2. The van der Waals surface area contributed by atoms with Gasteiger partial charge in [0.05, 0.1) is 6.10 Å². The fraction of sp³-hybridized carbons (Fsp3) is 0.355. The highest BCUT2D eigenvalue weighted by atomic mass is 31.2. The monoisotopic (exact) mass is 563 g/mol. The van der Waals surface area contributed by atoms with Gasteiger partial charge in [-0.15, -0.1) is 0 Å². The molecule has 0 saturated heterocycles. The van der Waals surface area contributed by atoms with Crippen LogP contribution in [-0.2, 0) is 25.0 Å². The number of benzene rings is 3. The van der Waals surface area contributed by atoms with Crippen LogP contribution >= 0.6 is 7.60 Å². The van der Waals surface area contributed by atoms with Crippen LogP contribution in [0.15, 0.2) is 72.8 Å². The molecule has 2 aliphatic carbocycles. The molecule has 1 amide bonds. The van der Waals surface area contributed by atoms with Crippen molar-refractivity contribution in [2.75, 3.05) is 13.3 Å². The molecule has 1 fully saturated rings. The maximum absolute atomic E-state index is 12.8. The molecule has 5 rings (SSSR count). The molecule has 8 nitrogen and oxygen atoms in total. The highest BCUT2D eigenvalue weighted by Crippen LogP contribution is 2.47. The third-order valence-electron chi connectivity index (χ3n) is 7.46. The zero-order valence-corrected chi connectivity index (χ0v) is 23.3. The number of fused-ring (bicyclic) bond motifs is 3. The van der Waals surface area contributed by atoms with Gasteiger partial charge in [-0.05, 0) is 52.8 Å². The van der Waals surface area contributed by atoms with E-state index in [1.165, 1.54) is 13.1 Å². The lowest BCUT2D eigenvalue weighted by atomic mass is 9.98. The van der Waals surface area contributed by atoms with Crippen LogP contribution in [0.25, 0.3) is 11.1 Å². The Labute approximate surface area is 234 Å². The summed E-state index contributed by atoms with van der Waals surface area (Å²) >= 11 is 0. The van der Waals surface area contributed by atoms with Crippen molar-refractivity contribution in [3.8, 4) is 16.9 Å². The van der Waals surface area contributed by atoms with E-state index in [0.29, 0.717) is 11.3 Å². The lowest BCUT2D eigenvalue weighted by Crippen LogP contribution is -2.42. The van der Waals surface area contributed by atoms with Crippen LogP contribution in [-0.4, -0.2) is 42.6 Å². The first-order chi connectivity index (χ1) is 19.3. The first-order valence-corrected chi connectivity index (χ1v) is 15.7. The van der Waals surface area contributed by atoms with Crippen molar-refractivity contribution in [3.05, 3.63) is 89.5 Å². The van der Waals surface area contributed by atoms with E-state index in [1.54, 1.807) is 24.3 Å². The minimum atomic E-state index is -3.29. The standard InChI is InChI=1S/C31H34NO7P/c1-40(36,38-22-9-3-2-4-10-22)39-23-17-15-21(16-18-23)19-29(30(33)34)32-31(35)37-20-28-26-13-7-5-11-24(26)25-12-6-8-14-27(25)28/h5-8,11-18,22,28-29H,2-4,9-10,19-20H2,1H3,(H,32,35)(H,33,34)/t29-,40?/m0/s1. The summed E-state index contributed by atoms with van der Waals surface area (Å²) in [7, 11) is -3.29. The number of hydrogen-bond acceptors (Lipinski definition) is 6. The summed E-state index contributed by atoms with van der Waals surface area (Å²) in [5, 5.41) is 12.2. The van der Waals surface area contributed by atoms with Gasteiger partial charge in [-0.3, -0.25) is 4.52 Å². The Hall–Kier alpha value is -3.61. The second-order valence-corrected chi connectivity index (χ2v) is 12.4. The maximum Gasteiger partial charge on any atom is 0.407 e. The van der Waals surface area contributed by atoms with Crippen molar-refractivity contribution in [1.82, 2.24) is 5.32 Å². The summed E-state index contributed by atoms with van der Waals surface area (Å²) in [5.74, 6) is -0.917. The molecule has 0 radical (unpaired) electrons. The van der Waals surface area contributed by atoms with E-state index in [0.717, 1.165) is 47.9 Å². The molecule has 40 heavy (non-hydrogen) atoms. The minimum Gasteiger partial charge on any atom is -0.480 e. The fourth-order valence-corrected chi connectivity index (χ4v) is 6.86. The molecular formula is C31H34NO7P. The van der Waals surface area contributed by atoms with Gasteiger partial charge in [0.15, 0.2) is 0 Å². The quantitative estimate of drug-likeness (QED) is 0.262. The predicted molar refractivity (Wildman–Crippen MR) is 152 cm³/mol. The van der Waals surface area contributed by atoms with Gasteiger partial charge in [-0.25, -0.2) is 14.2 Å². The zero-order chi connectivity index (χ0) is 28.1. The number of rotatable bonds is 10. The fourth-order valence-electron chi connectivity index (χ4n) is 5.56. The third-order valence-corrected chi connectivity index (χ3v) is 8.68. The van der Waals surface area contributed by atoms with Crippen LogP contribution in [0.2, 0.25) is 0 Å². The van der Waals surface area contributed by atoms with E-state index in [4.69, 9.17) is 13.8 Å². The number of alkyl carbamates (subject to hydrolysis) is 1. The summed E-state index contributed by atoms with van der Waals surface area (Å²) in [5.41, 5.74) is 5.05. The van der Waals surface area contributed by atoms with Crippen LogP contribution in [0.4, 0.5) is 4.79 Å². The second kappa shape index (κ2) is 12.3. The van der Waals surface area contributed by atoms with Gasteiger partial charge < -0.3 is 19.7 Å². The van der Waals surface area contributed by atoms with E-state index >= 15 is 0 Å². The molecule has 3 aromatic carbocycles. The molecule has 2 N–H and O–H groups in total. The average molecular weight is 564 g/mol. The first kappa shape index (κ1) is 27.9. The van der Waals surface area contributed by atoms with Crippen molar-refractivity contribution < 1.29 is 33.0 Å². The van der Waals surface area contributed by atoms with Crippen molar-refractivity contribution in [2.24, 2.45) is 0 Å². The van der Waals surface area contributed by atoms with Gasteiger partial charge in [0, 0.05) is 19.0 Å². The van der Waals surface area contributed by atoms with E-state index in [1.807, 2.05) is 48.5 Å². The maximum atomic E-state index is 12.8. The summed E-state index contributed by atoms with van der Waals surface area (Å²) in [6.07, 6.45) is 4.26. The Morgan fingerprint density at radius 1 is 0.925 bits per heavy atom. The minimum absolute atomic E-state index is 0.0438. The lowest BCUT2D eigenvalue weighted by molar-refractivity contribution is -0.139. The number of carboxylic acids is 1. The summed E-state index contributed by atoms with van der Waals surface area (Å²) in [6.45, 7) is 1.56. The Balaban J connectivity index is 1.16. The number of aliphatic carboxylic acids is 1. The molecule has 210 valence electrons. The Morgan fingerprint density at radius 2 is 1.52 bits per heavy atom. The van der Waals surface area contributed by atoms with Crippen LogP contribution in [0.5, 0.6) is 5.75 Å². The van der Waals surface area contributed by atoms with E-state index in [9.17, 15) is 19.3 Å². The van der Waals surface area contributed by atoms with Gasteiger partial charge in [0.1, 0.15) is 18.4 Å². The van der Waals surface area contributed by atoms with E-state index < -0.39 is 25.7 Å². The highest BCUT2D eigenvalue weighted by molar-refractivity contribution is 7.53. The van der Waals surface area contributed by atoms with Crippen molar-refractivity contribution in [3.63, 3.8) is 0 Å². The summed E-state index contributed by atoms with van der Waals surface area (Å²) in [4.78, 5) is 24.6. The molecular weight excluding hydrogens is 529 g/mol. The van der Waals surface area contributed by atoms with Crippen LogP contribution in [0.3, 0.4) is 0 Å². The molecule has 0 bridgehead atoms. The smallest absolute Gasteiger partial charge is 0.407 e. The number of ether oxygens (including phenoxy) is 1. The van der Waals surface area contributed by atoms with E-state index in [2.05, 4.69) is 5.32 Å². The topological polar surface area (TPSA) is 111 Å². The summed E-state index contributed by atoms with van der Waals surface area (Å²) < 4.78 is 29.7. The van der Waals surface area contributed by atoms with Gasteiger partial charge in [0.25, 0.3) is 0 Å². The summed E-state index contributed by atoms with van der Waals surface area (Å²) in [6, 6.07) is 21.5. The molecule has 9 heteroatoms. The SMILES string of the molecule is CP(=O)(Oc1ccc(C[C@H](NC(=O)OCC2c3ccccc3-c3ccccc32)C(=O)O)cc1)OC1CCCCC1. The van der Waals surface area contributed by atoms with Gasteiger partial charge in [0.2, 0.25) is 0 Å². The van der Waals surface area contributed by atoms with Crippen molar-refractivity contribution in [2.45, 2.75) is 56.6 Å². The average Bonchev–Trinajstić information content (AvgIpc) is 3.26. The van der Waals surface area contributed by atoms with Crippen molar-refractivity contribution in [1.29, 1.82) is 0 Å². The molecule has 0 spiro atoms.